The van der Waals surface area contributed by atoms with Crippen LogP contribution < -0.4 is 5.32 Å². The molecular weight excluding hydrogens is 246 g/mol. The molecule has 3 N–H and O–H groups in total. The first-order valence-electron chi connectivity index (χ1n) is 6.22. The molecule has 104 valence electrons. The quantitative estimate of drug-likeness (QED) is 0.776. The number of phenols is 2. The van der Waals surface area contributed by atoms with Gasteiger partial charge in [0.1, 0.15) is 17.1 Å². The fourth-order valence-corrected chi connectivity index (χ4v) is 2.52. The predicted octanol–water partition coefficient (Wildman–Crippen LogP) is 1.64. The third kappa shape index (κ3) is 2.26. The maximum absolute atomic E-state index is 12.1. The van der Waals surface area contributed by atoms with Crippen LogP contribution in [0.3, 0.4) is 0 Å². The second-order valence-electron chi connectivity index (χ2n) is 5.48. The number of amides is 1. The Bertz CT molecular complexity index is 478. The molecule has 19 heavy (non-hydrogen) atoms. The fraction of sp³-hybridized carbons (Fsp3) is 0.500. The van der Waals surface area contributed by atoms with Crippen molar-refractivity contribution in [1.82, 2.24) is 5.32 Å². The molecule has 1 aromatic carbocycles. The molecule has 0 aliphatic heterocycles. The molecule has 1 saturated carbocycles. The van der Waals surface area contributed by atoms with Crippen LogP contribution in [0.15, 0.2) is 18.2 Å². The first-order chi connectivity index (χ1) is 8.87. The zero-order valence-electron chi connectivity index (χ0n) is 11.3. The van der Waals surface area contributed by atoms with Gasteiger partial charge >= 0.3 is 0 Å². The van der Waals surface area contributed by atoms with Crippen molar-refractivity contribution in [2.24, 2.45) is 5.41 Å². The summed E-state index contributed by atoms with van der Waals surface area (Å²) in [5, 5.41) is 22.1. The molecule has 1 fully saturated rings. The molecular formula is C14H19NO4. The molecule has 5 nitrogen and oxygen atoms in total. The molecule has 2 rings (SSSR count). The number of phenolic OH excluding ortho intramolecular Hbond substituents is 2. The van der Waals surface area contributed by atoms with E-state index in [0.29, 0.717) is 0 Å². The summed E-state index contributed by atoms with van der Waals surface area (Å²) < 4.78 is 5.32. The predicted molar refractivity (Wildman–Crippen MR) is 70.2 cm³/mol. The largest absolute Gasteiger partial charge is 0.507 e. The monoisotopic (exact) mass is 265 g/mol. The standard InChI is InChI=1S/C14H19NO4/c1-14(2)10(7-11(14)19-3)15-13(18)12-8(16)5-4-6-9(12)17/h4-6,10-11,16-17H,7H2,1-3H3,(H,15,18). The number of aromatic hydroxyl groups is 2. The second kappa shape index (κ2) is 4.74. The smallest absolute Gasteiger partial charge is 0.259 e. The first-order valence-corrected chi connectivity index (χ1v) is 6.22. The van der Waals surface area contributed by atoms with Gasteiger partial charge in [-0.25, -0.2) is 0 Å². The van der Waals surface area contributed by atoms with Gasteiger partial charge in [0.25, 0.3) is 5.91 Å². The van der Waals surface area contributed by atoms with Gasteiger partial charge in [-0.2, -0.15) is 0 Å². The highest BCUT2D eigenvalue weighted by Gasteiger charge is 2.49. The summed E-state index contributed by atoms with van der Waals surface area (Å²) in [6.07, 6.45) is 0.833. The Hall–Kier alpha value is -1.75. The van der Waals surface area contributed by atoms with Gasteiger partial charge in [-0.1, -0.05) is 19.9 Å². The molecule has 0 saturated heterocycles. The zero-order chi connectivity index (χ0) is 14.2. The highest BCUT2D eigenvalue weighted by molar-refractivity contribution is 5.99. The Morgan fingerprint density at radius 2 is 1.95 bits per heavy atom. The molecule has 5 heteroatoms. The van der Waals surface area contributed by atoms with Crippen molar-refractivity contribution >= 4 is 5.91 Å². The Labute approximate surface area is 112 Å². The summed E-state index contributed by atoms with van der Waals surface area (Å²) in [6.45, 7) is 4.03. The topological polar surface area (TPSA) is 78.8 Å². The van der Waals surface area contributed by atoms with Gasteiger partial charge in [-0.05, 0) is 18.6 Å². The summed E-state index contributed by atoms with van der Waals surface area (Å²) in [7, 11) is 1.65. The molecule has 1 aliphatic carbocycles. The van der Waals surface area contributed by atoms with Gasteiger partial charge in [0.05, 0.1) is 6.10 Å². The molecule has 0 radical (unpaired) electrons. The zero-order valence-corrected chi connectivity index (χ0v) is 11.3. The Kier molecular flexibility index (Phi) is 3.41. The van der Waals surface area contributed by atoms with Crippen LogP contribution in [0.2, 0.25) is 0 Å². The lowest BCUT2D eigenvalue weighted by molar-refractivity contribution is -0.0942. The van der Waals surface area contributed by atoms with Crippen molar-refractivity contribution in [3.8, 4) is 11.5 Å². The highest BCUT2D eigenvalue weighted by atomic mass is 16.5. The van der Waals surface area contributed by atoms with E-state index < -0.39 is 5.91 Å². The lowest BCUT2D eigenvalue weighted by atomic mass is 9.64. The van der Waals surface area contributed by atoms with Crippen LogP contribution in [0.1, 0.15) is 30.6 Å². The number of hydrogen-bond donors (Lipinski definition) is 3. The minimum absolute atomic E-state index is 0.0380. The molecule has 0 heterocycles. The maximum atomic E-state index is 12.1. The van der Waals surface area contributed by atoms with E-state index in [1.54, 1.807) is 7.11 Å². The van der Waals surface area contributed by atoms with E-state index >= 15 is 0 Å². The van der Waals surface area contributed by atoms with Crippen LogP contribution in [-0.4, -0.2) is 35.4 Å². The summed E-state index contributed by atoms with van der Waals surface area (Å²) in [6, 6.07) is 4.19. The third-order valence-electron chi connectivity index (χ3n) is 4.02. The molecule has 1 amide bonds. The van der Waals surface area contributed by atoms with Gasteiger partial charge in [0, 0.05) is 18.6 Å². The number of carbonyl (C=O) groups is 1. The van der Waals surface area contributed by atoms with E-state index in [1.807, 2.05) is 13.8 Å². The molecule has 0 spiro atoms. The van der Waals surface area contributed by atoms with Crippen LogP contribution in [-0.2, 0) is 4.74 Å². The lowest BCUT2D eigenvalue weighted by Crippen LogP contribution is -2.61. The van der Waals surface area contributed by atoms with E-state index in [1.165, 1.54) is 18.2 Å². The van der Waals surface area contributed by atoms with E-state index in [9.17, 15) is 15.0 Å². The summed E-state index contributed by atoms with van der Waals surface area (Å²) >= 11 is 0. The minimum Gasteiger partial charge on any atom is -0.507 e. The van der Waals surface area contributed by atoms with Crippen molar-refractivity contribution in [2.75, 3.05) is 7.11 Å². The molecule has 1 aliphatic rings. The van der Waals surface area contributed by atoms with Crippen molar-refractivity contribution in [1.29, 1.82) is 0 Å². The van der Waals surface area contributed by atoms with Crippen LogP contribution in [0.5, 0.6) is 11.5 Å². The molecule has 2 atom stereocenters. The van der Waals surface area contributed by atoms with Crippen LogP contribution in [0.25, 0.3) is 0 Å². The fourth-order valence-electron chi connectivity index (χ4n) is 2.52. The molecule has 2 unspecified atom stereocenters. The summed E-state index contributed by atoms with van der Waals surface area (Å²) in [4.78, 5) is 12.1. The van der Waals surface area contributed by atoms with Gasteiger partial charge in [0.2, 0.25) is 0 Å². The maximum Gasteiger partial charge on any atom is 0.259 e. The molecule has 0 aromatic heterocycles. The SMILES string of the molecule is COC1CC(NC(=O)c2c(O)cccc2O)C1(C)C. The number of rotatable bonds is 3. The van der Waals surface area contributed by atoms with Crippen molar-refractivity contribution in [3.63, 3.8) is 0 Å². The number of benzene rings is 1. The number of methoxy groups -OCH3 is 1. The first kappa shape index (κ1) is 13.7. The normalized spacial score (nSPS) is 24.6. The number of hydrogen-bond acceptors (Lipinski definition) is 4. The van der Waals surface area contributed by atoms with Gasteiger partial charge in [0.15, 0.2) is 0 Å². The van der Waals surface area contributed by atoms with Crippen molar-refractivity contribution < 1.29 is 19.7 Å². The van der Waals surface area contributed by atoms with Crippen molar-refractivity contribution in [2.45, 2.75) is 32.4 Å². The third-order valence-corrected chi connectivity index (χ3v) is 4.02. The summed E-state index contributed by atoms with van der Waals surface area (Å²) in [5.74, 6) is -0.918. The number of nitrogens with one attached hydrogen (secondary N) is 1. The average Bonchev–Trinajstić information content (AvgIpc) is 2.33. The Morgan fingerprint density at radius 3 is 2.42 bits per heavy atom. The van der Waals surface area contributed by atoms with Crippen molar-refractivity contribution in [3.05, 3.63) is 23.8 Å². The number of ether oxygens (including phenoxy) is 1. The van der Waals surface area contributed by atoms with Gasteiger partial charge in [-0.3, -0.25) is 4.79 Å². The van der Waals surface area contributed by atoms with E-state index in [2.05, 4.69) is 5.32 Å². The summed E-state index contributed by atoms with van der Waals surface area (Å²) in [5.41, 5.74) is -0.246. The van der Waals surface area contributed by atoms with Gasteiger partial charge in [-0.15, -0.1) is 0 Å². The lowest BCUT2D eigenvalue weighted by Gasteiger charge is -2.51. The molecule has 1 aromatic rings. The molecule has 0 bridgehead atoms. The minimum atomic E-state index is -0.469. The van der Waals surface area contributed by atoms with Crippen LogP contribution >= 0.6 is 0 Å². The van der Waals surface area contributed by atoms with Gasteiger partial charge < -0.3 is 20.3 Å². The van der Waals surface area contributed by atoms with E-state index in [0.717, 1.165) is 6.42 Å². The van der Waals surface area contributed by atoms with Crippen LogP contribution in [0, 0.1) is 5.41 Å². The number of carbonyl (C=O) groups excluding carboxylic acids is 1. The van der Waals surface area contributed by atoms with Crippen LogP contribution in [0.4, 0.5) is 0 Å². The van der Waals surface area contributed by atoms with E-state index in [-0.39, 0.29) is 34.6 Å². The average molecular weight is 265 g/mol. The Balaban J connectivity index is 2.11. The highest BCUT2D eigenvalue weighted by Crippen LogP contribution is 2.42. The second-order valence-corrected chi connectivity index (χ2v) is 5.48. The Morgan fingerprint density at radius 1 is 1.37 bits per heavy atom. The van der Waals surface area contributed by atoms with E-state index in [4.69, 9.17) is 4.74 Å².